The van der Waals surface area contributed by atoms with Crippen LogP contribution in [0.5, 0.6) is 0 Å². The van der Waals surface area contributed by atoms with Gasteiger partial charge in [0, 0.05) is 12.5 Å². The lowest BCUT2D eigenvalue weighted by Crippen LogP contribution is -2.13. The molecule has 0 aliphatic carbocycles. The Labute approximate surface area is 78.5 Å². The molecular formula is C9H15ClO2. The number of allylic oxidation sites excluding steroid dienone is 1. The molecule has 70 valence electrons. The molecule has 0 N–H and O–H groups in total. The smallest absolute Gasteiger partial charge is 0.0809 e. The highest BCUT2D eigenvalue weighted by molar-refractivity contribution is 6.18. The van der Waals surface area contributed by atoms with E-state index >= 15 is 0 Å². The first-order valence-corrected chi connectivity index (χ1v) is 4.87. The van der Waals surface area contributed by atoms with Crippen molar-refractivity contribution in [3.05, 3.63) is 12.2 Å². The van der Waals surface area contributed by atoms with Gasteiger partial charge >= 0.3 is 0 Å². The average molecular weight is 191 g/mol. The quantitative estimate of drug-likeness (QED) is 0.375. The van der Waals surface area contributed by atoms with E-state index in [0.717, 1.165) is 13.0 Å². The lowest BCUT2D eigenvalue weighted by Gasteiger charge is -2.07. The average Bonchev–Trinajstić information content (AvgIpc) is 2.57. The van der Waals surface area contributed by atoms with Crippen LogP contribution in [0.25, 0.3) is 0 Å². The minimum Gasteiger partial charge on any atom is -0.376 e. The molecule has 1 saturated heterocycles. The Bertz CT molecular complexity index is 130. The molecule has 2 nitrogen and oxygen atoms in total. The Morgan fingerprint density at radius 2 is 2.42 bits per heavy atom. The lowest BCUT2D eigenvalue weighted by molar-refractivity contribution is 0.0267. The number of ether oxygens (including phenoxy) is 2. The molecule has 1 rings (SSSR count). The molecule has 1 atom stereocenters. The van der Waals surface area contributed by atoms with Crippen molar-refractivity contribution in [2.24, 2.45) is 0 Å². The highest BCUT2D eigenvalue weighted by Crippen LogP contribution is 2.11. The number of alkyl halides is 1. The molecule has 1 aliphatic rings. The van der Waals surface area contributed by atoms with Gasteiger partial charge in [0.05, 0.1) is 19.3 Å². The molecule has 0 aromatic heterocycles. The van der Waals surface area contributed by atoms with Crippen molar-refractivity contribution in [1.82, 2.24) is 0 Å². The second-order valence-corrected chi connectivity index (χ2v) is 3.11. The van der Waals surface area contributed by atoms with E-state index < -0.39 is 0 Å². The summed E-state index contributed by atoms with van der Waals surface area (Å²) >= 11 is 5.44. The van der Waals surface area contributed by atoms with Crippen molar-refractivity contribution in [2.75, 3.05) is 25.7 Å². The first-order valence-electron chi connectivity index (χ1n) is 4.34. The summed E-state index contributed by atoms with van der Waals surface area (Å²) in [5, 5.41) is 0. The van der Waals surface area contributed by atoms with Gasteiger partial charge in [-0.3, -0.25) is 0 Å². The number of hydrogen-bond donors (Lipinski definition) is 0. The van der Waals surface area contributed by atoms with Crippen LogP contribution in [0, 0.1) is 0 Å². The number of halogens is 1. The first-order chi connectivity index (χ1) is 5.93. The minimum absolute atomic E-state index is 0.328. The van der Waals surface area contributed by atoms with Crippen molar-refractivity contribution >= 4 is 11.6 Å². The van der Waals surface area contributed by atoms with Gasteiger partial charge in [-0.05, 0) is 12.8 Å². The van der Waals surface area contributed by atoms with Crippen LogP contribution in [0.3, 0.4) is 0 Å². The molecule has 0 amide bonds. The van der Waals surface area contributed by atoms with E-state index in [2.05, 4.69) is 0 Å². The standard InChI is InChI=1S/C9H15ClO2/c10-5-1-2-6-11-8-9-4-3-7-12-9/h1-2,9H,3-8H2. The third-order valence-corrected chi connectivity index (χ3v) is 1.98. The first kappa shape index (κ1) is 10.0. The lowest BCUT2D eigenvalue weighted by atomic mass is 10.2. The summed E-state index contributed by atoms with van der Waals surface area (Å²) in [6.45, 7) is 2.25. The summed E-state index contributed by atoms with van der Waals surface area (Å²) in [4.78, 5) is 0. The van der Waals surface area contributed by atoms with E-state index in [9.17, 15) is 0 Å². The van der Waals surface area contributed by atoms with Gasteiger partial charge in [-0.15, -0.1) is 11.6 Å². The highest BCUT2D eigenvalue weighted by atomic mass is 35.5. The van der Waals surface area contributed by atoms with Crippen molar-refractivity contribution < 1.29 is 9.47 Å². The van der Waals surface area contributed by atoms with Gasteiger partial charge in [0.2, 0.25) is 0 Å². The van der Waals surface area contributed by atoms with Crippen LogP contribution < -0.4 is 0 Å². The van der Waals surface area contributed by atoms with E-state index in [-0.39, 0.29) is 0 Å². The molecule has 3 heteroatoms. The van der Waals surface area contributed by atoms with Gasteiger partial charge in [-0.2, -0.15) is 0 Å². The molecule has 1 unspecified atom stereocenters. The molecule has 0 spiro atoms. The van der Waals surface area contributed by atoms with Crippen molar-refractivity contribution in [3.63, 3.8) is 0 Å². The fourth-order valence-corrected chi connectivity index (χ4v) is 1.30. The Morgan fingerprint density at radius 3 is 3.08 bits per heavy atom. The van der Waals surface area contributed by atoms with Gasteiger partial charge in [-0.1, -0.05) is 12.2 Å². The van der Waals surface area contributed by atoms with Gasteiger partial charge in [0.15, 0.2) is 0 Å². The number of rotatable bonds is 5. The van der Waals surface area contributed by atoms with Gasteiger partial charge in [0.1, 0.15) is 0 Å². The maximum atomic E-state index is 5.44. The summed E-state index contributed by atoms with van der Waals surface area (Å²) in [5.74, 6) is 0.559. The molecule has 0 aromatic rings. The topological polar surface area (TPSA) is 18.5 Å². The molecular weight excluding hydrogens is 176 g/mol. The predicted molar refractivity (Wildman–Crippen MR) is 49.7 cm³/mol. The molecule has 0 bridgehead atoms. The van der Waals surface area contributed by atoms with Crippen LogP contribution in [-0.2, 0) is 9.47 Å². The summed E-state index contributed by atoms with van der Waals surface area (Å²) in [6, 6.07) is 0. The number of hydrogen-bond acceptors (Lipinski definition) is 2. The van der Waals surface area contributed by atoms with E-state index in [4.69, 9.17) is 21.1 Å². The van der Waals surface area contributed by atoms with Gasteiger partial charge in [-0.25, -0.2) is 0 Å². The van der Waals surface area contributed by atoms with Gasteiger partial charge in [0.25, 0.3) is 0 Å². The predicted octanol–water partition coefficient (Wildman–Crippen LogP) is 1.98. The fourth-order valence-electron chi connectivity index (χ4n) is 1.17. The van der Waals surface area contributed by atoms with E-state index in [1.807, 2.05) is 12.2 Å². The molecule has 1 heterocycles. The maximum absolute atomic E-state index is 5.44. The van der Waals surface area contributed by atoms with Crippen LogP contribution in [0.2, 0.25) is 0 Å². The normalized spacial score (nSPS) is 23.9. The Kier molecular flexibility index (Phi) is 5.41. The molecule has 0 radical (unpaired) electrons. The zero-order valence-corrected chi connectivity index (χ0v) is 7.93. The summed E-state index contributed by atoms with van der Waals surface area (Å²) < 4.78 is 10.7. The second kappa shape index (κ2) is 6.46. The molecule has 12 heavy (non-hydrogen) atoms. The Hall–Kier alpha value is -0.0500. The van der Waals surface area contributed by atoms with Crippen molar-refractivity contribution in [3.8, 4) is 0 Å². The Morgan fingerprint density at radius 1 is 1.50 bits per heavy atom. The second-order valence-electron chi connectivity index (χ2n) is 2.80. The molecule has 0 saturated carbocycles. The summed E-state index contributed by atoms with van der Waals surface area (Å²) in [7, 11) is 0. The molecule has 0 aromatic carbocycles. The third-order valence-electron chi connectivity index (χ3n) is 1.80. The van der Waals surface area contributed by atoms with E-state index in [1.165, 1.54) is 6.42 Å². The van der Waals surface area contributed by atoms with Crippen molar-refractivity contribution in [1.29, 1.82) is 0 Å². The van der Waals surface area contributed by atoms with E-state index in [1.54, 1.807) is 0 Å². The zero-order chi connectivity index (χ0) is 8.65. The molecule has 1 aliphatic heterocycles. The van der Waals surface area contributed by atoms with Crippen molar-refractivity contribution in [2.45, 2.75) is 18.9 Å². The molecule has 1 fully saturated rings. The van der Waals surface area contributed by atoms with Crippen LogP contribution >= 0.6 is 11.6 Å². The zero-order valence-electron chi connectivity index (χ0n) is 7.17. The Balaban J connectivity index is 1.91. The fraction of sp³-hybridized carbons (Fsp3) is 0.778. The third kappa shape index (κ3) is 4.10. The largest absolute Gasteiger partial charge is 0.376 e. The maximum Gasteiger partial charge on any atom is 0.0809 e. The van der Waals surface area contributed by atoms with Gasteiger partial charge < -0.3 is 9.47 Å². The van der Waals surface area contributed by atoms with Crippen LogP contribution in [-0.4, -0.2) is 31.8 Å². The van der Waals surface area contributed by atoms with Crippen LogP contribution in [0.4, 0.5) is 0 Å². The summed E-state index contributed by atoms with van der Waals surface area (Å²) in [5.41, 5.74) is 0. The van der Waals surface area contributed by atoms with Crippen LogP contribution in [0.1, 0.15) is 12.8 Å². The monoisotopic (exact) mass is 190 g/mol. The highest BCUT2D eigenvalue weighted by Gasteiger charge is 2.14. The van der Waals surface area contributed by atoms with E-state index in [0.29, 0.717) is 25.2 Å². The SMILES string of the molecule is ClCC=CCOCC1CCCO1. The summed E-state index contributed by atoms with van der Waals surface area (Å²) in [6.07, 6.45) is 6.46. The van der Waals surface area contributed by atoms with Crippen LogP contribution in [0.15, 0.2) is 12.2 Å². The minimum atomic E-state index is 0.328.